The van der Waals surface area contributed by atoms with Crippen molar-refractivity contribution in [2.24, 2.45) is 5.92 Å². The SMILES string of the molecule is CC[C@H](C)[C@H](NC(=O)[C@H](CCC(=O)O)NC(=O)[C@H](CS)NC(=O)[C@@H](NC(=O)CNC(=O)[C@@H]1CCCN1)[C@@H](C)O)C(=O)NCC(=O)N[C@@H](CS)C(=O)N[C@@H](C)C(=O)NCC(=O)N[C@@H](Cc1ccc(O)cc1)C(=O)N[C@@H](C)C(=O)N[C@@H](C)C(=O)N[C@@H](CS)C(=O)N[C@H](C(=O)NCC(=O)N[C@@H](CS)C(=O)O)[C@@H](C)O. The molecule has 1 aliphatic heterocycles. The Morgan fingerprint density at radius 3 is 1.29 bits per heavy atom. The number of aliphatic hydroxyl groups is 2. The number of aliphatic hydroxyl groups excluding tert-OH is 2. The van der Waals surface area contributed by atoms with Gasteiger partial charge < -0.3 is 116 Å². The van der Waals surface area contributed by atoms with Gasteiger partial charge in [0, 0.05) is 35.9 Å². The fourth-order valence-corrected chi connectivity index (χ4v) is 10.4. The number of hydrogen-bond donors (Lipinski definition) is 26. The summed E-state index contributed by atoms with van der Waals surface area (Å²) >= 11 is 16.2. The van der Waals surface area contributed by atoms with E-state index < -0.39 is 248 Å². The number of phenolic OH excluding ortho intramolecular Hbond substituents is 1. The molecule has 0 aliphatic carbocycles. The number of rotatable bonds is 46. The number of thiol groups is 4. The highest BCUT2D eigenvalue weighted by molar-refractivity contribution is 7.80. The fraction of sp³-hybridized carbons (Fsp3) is 0.613. The van der Waals surface area contributed by atoms with Gasteiger partial charge in [-0.3, -0.25) is 81.5 Å². The number of carbonyl (C=O) groups excluding carboxylic acids is 16. The lowest BCUT2D eigenvalue weighted by Gasteiger charge is -2.28. The first-order valence-corrected chi connectivity index (χ1v) is 35.8. The van der Waals surface area contributed by atoms with Crippen molar-refractivity contribution in [1.82, 2.24) is 90.4 Å². The van der Waals surface area contributed by atoms with Crippen LogP contribution in [0.25, 0.3) is 0 Å². The molecular formula is C62H97N17O23S4. The Kier molecular flexibility index (Phi) is 41.5. The van der Waals surface area contributed by atoms with Gasteiger partial charge in [-0.1, -0.05) is 32.4 Å². The van der Waals surface area contributed by atoms with Gasteiger partial charge in [-0.25, -0.2) is 4.79 Å². The number of aromatic hydroxyl groups is 1. The number of hydrogen-bond acceptors (Lipinski definition) is 26. The van der Waals surface area contributed by atoms with E-state index in [1.807, 2.05) is 0 Å². The average Bonchev–Trinajstić information content (AvgIpc) is 1.01. The second kappa shape index (κ2) is 47.3. The van der Waals surface area contributed by atoms with E-state index in [9.17, 15) is 107 Å². The first-order chi connectivity index (χ1) is 49.8. The molecule has 0 aromatic heterocycles. The van der Waals surface area contributed by atoms with Crippen molar-refractivity contribution in [2.45, 2.75) is 178 Å². The molecule has 0 saturated carbocycles. The first-order valence-electron chi connectivity index (χ1n) is 33.3. The molecule has 0 radical (unpaired) electrons. The van der Waals surface area contributed by atoms with Crippen LogP contribution in [0, 0.1) is 5.92 Å². The van der Waals surface area contributed by atoms with Crippen LogP contribution in [0.3, 0.4) is 0 Å². The van der Waals surface area contributed by atoms with E-state index in [2.05, 4.69) is 141 Å². The highest BCUT2D eigenvalue weighted by atomic mass is 32.1. The van der Waals surface area contributed by atoms with Crippen LogP contribution in [-0.4, -0.2) is 278 Å². The van der Waals surface area contributed by atoms with Crippen LogP contribution >= 0.6 is 50.5 Å². The molecule has 1 saturated heterocycles. The molecule has 16 amide bonds. The minimum Gasteiger partial charge on any atom is -0.508 e. The molecule has 44 heteroatoms. The van der Waals surface area contributed by atoms with Gasteiger partial charge in [0.25, 0.3) is 0 Å². The third-order valence-electron chi connectivity index (χ3n) is 15.9. The van der Waals surface area contributed by atoms with Gasteiger partial charge in [0.05, 0.1) is 44.4 Å². The zero-order chi connectivity index (χ0) is 80.2. The molecule has 2 rings (SSSR count). The number of benzene rings is 1. The van der Waals surface area contributed by atoms with Crippen molar-refractivity contribution in [3.63, 3.8) is 0 Å². The number of nitrogens with one attached hydrogen (secondary N) is 17. The molecule has 0 spiro atoms. The summed E-state index contributed by atoms with van der Waals surface area (Å²) in [4.78, 5) is 234. The maximum atomic E-state index is 13.8. The Morgan fingerprint density at radius 1 is 0.434 bits per heavy atom. The molecular weight excluding hydrogens is 1480 g/mol. The standard InChI is InChI=1S/C62H97N17O23S4/c1-8-27(2)47(78-54(93)36(15-16-46(87)88)74-57(96)39(24-104)76-61(100)49(32(7)81)77-45(86)22-65-53(92)35-10-9-17-63-35)59(98)66-20-43(84)72-38(23-103)56(95)69-28(3)50(89)64-19-42(83)71-37(18-33-11-13-34(82)14-12-33)55(94)70-29(4)51(90)68-30(5)52(91)75-40(25-105)58(97)79-48(31(6)80)60(99)67-21-44(85)73-41(26-106)62(101)102/h11-14,27-32,35-41,47-49,63,80-82,103-106H,8-10,15-26H2,1-7H3,(H,64,89)(H,65,92)(H,66,98)(H,67,99)(H,68,90)(H,69,95)(H,70,94)(H,71,83)(H,72,84)(H,73,85)(H,74,96)(H,75,91)(H,76,100)(H,77,86)(H,78,93)(H,79,97)(H,87,88)(H,101,102)/t27-,28-,29-,30-,31+,32+,35-,36-,37-,38-,39-,40-,41-,47-,48-,49-/m0/s1. The second-order valence-corrected chi connectivity index (χ2v) is 26.0. The molecule has 1 heterocycles. The van der Waals surface area contributed by atoms with Crippen LogP contribution in [-0.2, 0) is 92.7 Å². The fourth-order valence-electron chi connectivity index (χ4n) is 9.43. The lowest BCUT2D eigenvalue weighted by Crippen LogP contribution is -2.61. The van der Waals surface area contributed by atoms with Crippen LogP contribution < -0.4 is 90.4 Å². The average molecular weight is 1580 g/mol. The van der Waals surface area contributed by atoms with E-state index in [0.717, 1.165) is 13.3 Å². The summed E-state index contributed by atoms with van der Waals surface area (Å²) in [5.74, 6) is -20.2. The van der Waals surface area contributed by atoms with Gasteiger partial charge in [0.15, 0.2) is 0 Å². The highest BCUT2D eigenvalue weighted by Crippen LogP contribution is 2.14. The summed E-state index contributed by atoms with van der Waals surface area (Å²) in [6, 6.07) is -13.1. The molecule has 40 nitrogen and oxygen atoms in total. The van der Waals surface area contributed by atoms with Crippen LogP contribution in [0.1, 0.15) is 86.1 Å². The molecule has 16 atom stereocenters. The number of amides is 16. The van der Waals surface area contributed by atoms with E-state index >= 15 is 0 Å². The Hall–Kier alpha value is -9.24. The van der Waals surface area contributed by atoms with Crippen molar-refractivity contribution >= 4 is 157 Å². The van der Waals surface area contributed by atoms with Crippen molar-refractivity contribution < 1.29 is 112 Å². The summed E-state index contributed by atoms with van der Waals surface area (Å²) in [7, 11) is 0. The molecule has 1 fully saturated rings. The number of aliphatic carboxylic acids is 2. The topological polar surface area (TPSA) is 613 Å². The molecule has 1 aromatic carbocycles. The van der Waals surface area contributed by atoms with Crippen molar-refractivity contribution in [3.05, 3.63) is 29.8 Å². The van der Waals surface area contributed by atoms with Crippen LogP contribution in [0.15, 0.2) is 24.3 Å². The first kappa shape index (κ1) is 92.8. The van der Waals surface area contributed by atoms with Gasteiger partial charge in [0.1, 0.15) is 78.3 Å². The third-order valence-corrected chi connectivity index (χ3v) is 17.3. The smallest absolute Gasteiger partial charge is 0.327 e. The predicted octanol–water partition coefficient (Wildman–Crippen LogP) is -9.49. The third kappa shape index (κ3) is 33.1. The number of carboxylic acid groups (broad SMARTS) is 2. The molecule has 22 N–H and O–H groups in total. The Morgan fingerprint density at radius 2 is 0.811 bits per heavy atom. The maximum absolute atomic E-state index is 13.8. The Labute approximate surface area is 631 Å². The van der Waals surface area contributed by atoms with Crippen molar-refractivity contribution in [3.8, 4) is 5.75 Å². The van der Waals surface area contributed by atoms with Crippen molar-refractivity contribution in [1.29, 1.82) is 0 Å². The molecule has 1 aliphatic rings. The summed E-state index contributed by atoms with van der Waals surface area (Å²) < 4.78 is 0. The summed E-state index contributed by atoms with van der Waals surface area (Å²) in [5, 5.41) is 89.2. The minimum absolute atomic E-state index is 0.140. The van der Waals surface area contributed by atoms with Crippen LogP contribution in [0.2, 0.25) is 0 Å². The molecule has 592 valence electrons. The van der Waals surface area contributed by atoms with E-state index in [1.165, 1.54) is 52.0 Å². The van der Waals surface area contributed by atoms with E-state index in [-0.39, 0.29) is 35.8 Å². The lowest BCUT2D eigenvalue weighted by atomic mass is 9.97. The lowest BCUT2D eigenvalue weighted by molar-refractivity contribution is -0.141. The summed E-state index contributed by atoms with van der Waals surface area (Å²) in [5.41, 5.74) is 0.393. The largest absolute Gasteiger partial charge is 0.508 e. The predicted molar refractivity (Wildman–Crippen MR) is 388 cm³/mol. The summed E-state index contributed by atoms with van der Waals surface area (Å²) in [6.45, 7) is 6.87. The van der Waals surface area contributed by atoms with Gasteiger partial charge >= 0.3 is 11.9 Å². The summed E-state index contributed by atoms with van der Waals surface area (Å²) in [6.07, 6.45) is -3.02. The minimum atomic E-state index is -1.69. The van der Waals surface area contributed by atoms with E-state index in [4.69, 9.17) is 5.11 Å². The second-order valence-electron chi connectivity index (χ2n) is 24.5. The highest BCUT2D eigenvalue weighted by Gasteiger charge is 2.37. The molecule has 0 bridgehead atoms. The number of carbonyl (C=O) groups is 18. The van der Waals surface area contributed by atoms with Crippen LogP contribution in [0.4, 0.5) is 0 Å². The van der Waals surface area contributed by atoms with E-state index in [0.29, 0.717) is 18.5 Å². The zero-order valence-corrected chi connectivity index (χ0v) is 62.6. The number of carboxylic acids is 2. The Balaban J connectivity index is 2.06. The van der Waals surface area contributed by atoms with Gasteiger partial charge in [0.2, 0.25) is 94.5 Å². The molecule has 0 unspecified atom stereocenters. The quantitative estimate of drug-likeness (QED) is 0.0270. The van der Waals surface area contributed by atoms with Crippen LogP contribution in [0.5, 0.6) is 5.75 Å². The van der Waals surface area contributed by atoms with Crippen molar-refractivity contribution in [2.75, 3.05) is 55.7 Å². The molecule has 106 heavy (non-hydrogen) atoms. The van der Waals surface area contributed by atoms with Gasteiger partial charge in [-0.2, -0.15) is 50.5 Å². The monoisotopic (exact) mass is 1580 g/mol. The maximum Gasteiger partial charge on any atom is 0.327 e. The normalized spacial score (nSPS) is 16.6. The van der Waals surface area contributed by atoms with Gasteiger partial charge in [-0.15, -0.1) is 0 Å². The Bertz CT molecular complexity index is 3280. The number of phenols is 1. The van der Waals surface area contributed by atoms with Gasteiger partial charge in [-0.05, 0) is 84.0 Å². The van der Waals surface area contributed by atoms with E-state index in [1.54, 1.807) is 13.8 Å². The molecule has 1 aromatic rings. The zero-order valence-electron chi connectivity index (χ0n) is 59.0.